The molecule has 8 heteroatoms. The largest absolute Gasteiger partial charge is 0.490 e. The molecule has 0 aliphatic carbocycles. The van der Waals surface area contributed by atoms with Crippen molar-refractivity contribution in [2.75, 3.05) is 27.2 Å². The Labute approximate surface area is 153 Å². The van der Waals surface area contributed by atoms with Gasteiger partial charge < -0.3 is 15.0 Å². The fourth-order valence-electron chi connectivity index (χ4n) is 2.21. The molecule has 2 rings (SSSR count). The first-order valence-corrected chi connectivity index (χ1v) is 7.69. The Bertz CT molecular complexity index is 663. The normalized spacial score (nSPS) is 11.5. The maximum absolute atomic E-state index is 12.5. The van der Waals surface area contributed by atoms with Gasteiger partial charge in [-0.1, -0.05) is 23.7 Å². The molecule has 0 bridgehead atoms. The van der Waals surface area contributed by atoms with Crippen LogP contribution in [0, 0.1) is 0 Å². The fourth-order valence-corrected chi connectivity index (χ4v) is 2.40. The molecule has 2 aromatic rings. The Morgan fingerprint density at radius 2 is 2.17 bits per heavy atom. The maximum Gasteiger partial charge on any atom is 0.244 e. The maximum atomic E-state index is 12.5. The number of ether oxygens (including phenoxy) is 1. The second-order valence-corrected chi connectivity index (χ2v) is 5.61. The van der Waals surface area contributed by atoms with Crippen LogP contribution in [0.3, 0.4) is 0 Å². The van der Waals surface area contributed by atoms with Gasteiger partial charge in [-0.15, -0.1) is 12.4 Å². The summed E-state index contributed by atoms with van der Waals surface area (Å²) in [5.74, 6) is 0.579. The van der Waals surface area contributed by atoms with E-state index in [4.69, 9.17) is 16.3 Å². The number of hydrogen-bond acceptors (Lipinski definition) is 4. The zero-order chi connectivity index (χ0) is 16.8. The Kier molecular flexibility index (Phi) is 8.04. The van der Waals surface area contributed by atoms with E-state index in [1.807, 2.05) is 25.4 Å². The first kappa shape index (κ1) is 20.3. The molecule has 6 nitrogen and oxygen atoms in total. The van der Waals surface area contributed by atoms with E-state index in [-0.39, 0.29) is 18.3 Å². The summed E-state index contributed by atoms with van der Waals surface area (Å²) in [6.45, 7) is 0.831. The quantitative estimate of drug-likeness (QED) is 0.809. The van der Waals surface area contributed by atoms with Crippen LogP contribution < -0.4 is 10.1 Å². The van der Waals surface area contributed by atoms with Gasteiger partial charge in [0.25, 0.3) is 0 Å². The summed E-state index contributed by atoms with van der Waals surface area (Å²) in [7, 11) is 5.32. The SMILES string of the molecule is CNC(C(=O)N(C)CCOc1ccccc1Cl)c1cnn(C)c1.Cl. The number of nitrogens with zero attached hydrogens (tertiary/aromatic N) is 3. The molecule has 1 aromatic heterocycles. The average molecular weight is 373 g/mol. The zero-order valence-electron chi connectivity index (χ0n) is 13.9. The van der Waals surface area contributed by atoms with Gasteiger partial charge in [0.1, 0.15) is 18.4 Å². The molecule has 0 radical (unpaired) electrons. The van der Waals surface area contributed by atoms with Crippen molar-refractivity contribution in [3.8, 4) is 5.75 Å². The van der Waals surface area contributed by atoms with E-state index in [1.54, 1.807) is 42.0 Å². The summed E-state index contributed by atoms with van der Waals surface area (Å²) < 4.78 is 7.29. The highest BCUT2D eigenvalue weighted by atomic mass is 35.5. The number of hydrogen-bond donors (Lipinski definition) is 1. The third kappa shape index (κ3) is 5.12. The van der Waals surface area contributed by atoms with Crippen molar-refractivity contribution in [3.05, 3.63) is 47.2 Å². The van der Waals surface area contributed by atoms with E-state index in [9.17, 15) is 4.79 Å². The van der Waals surface area contributed by atoms with Gasteiger partial charge in [0, 0.05) is 25.9 Å². The van der Waals surface area contributed by atoms with Gasteiger partial charge in [0.05, 0.1) is 17.8 Å². The first-order valence-electron chi connectivity index (χ1n) is 7.31. The lowest BCUT2D eigenvalue weighted by molar-refractivity contribution is -0.132. The van der Waals surface area contributed by atoms with Crippen LogP contribution in [0.5, 0.6) is 5.75 Å². The highest BCUT2D eigenvalue weighted by Gasteiger charge is 2.23. The van der Waals surface area contributed by atoms with Crippen LogP contribution in [-0.4, -0.2) is 47.8 Å². The fraction of sp³-hybridized carbons (Fsp3) is 0.375. The summed E-state index contributed by atoms with van der Waals surface area (Å²) in [5, 5.41) is 7.69. The molecule has 1 aromatic carbocycles. The standard InChI is InChI=1S/C16H21ClN4O2.ClH/c1-18-15(12-10-19-21(3)11-12)16(22)20(2)8-9-23-14-7-5-4-6-13(14)17;/h4-7,10-11,15,18H,8-9H2,1-3H3;1H. The van der Waals surface area contributed by atoms with Crippen molar-refractivity contribution < 1.29 is 9.53 Å². The van der Waals surface area contributed by atoms with Gasteiger partial charge in [-0.05, 0) is 19.2 Å². The zero-order valence-corrected chi connectivity index (χ0v) is 15.5. The Morgan fingerprint density at radius 1 is 1.46 bits per heavy atom. The minimum atomic E-state index is -0.422. The number of likely N-dealkylation sites (N-methyl/N-ethyl adjacent to an activating group) is 2. The van der Waals surface area contributed by atoms with Crippen molar-refractivity contribution in [2.24, 2.45) is 7.05 Å². The molecule has 0 fully saturated rings. The average Bonchev–Trinajstić information content (AvgIpc) is 2.96. The van der Waals surface area contributed by atoms with E-state index >= 15 is 0 Å². The molecular formula is C16H22Cl2N4O2. The predicted octanol–water partition coefficient (Wildman–Crippen LogP) is 2.29. The number of nitrogens with one attached hydrogen (secondary N) is 1. The Morgan fingerprint density at radius 3 is 2.75 bits per heavy atom. The molecule has 0 spiro atoms. The number of aromatic nitrogens is 2. The number of halogens is 2. The lowest BCUT2D eigenvalue weighted by Crippen LogP contribution is -2.39. The molecule has 1 amide bonds. The molecule has 1 N–H and O–H groups in total. The van der Waals surface area contributed by atoms with Gasteiger partial charge >= 0.3 is 0 Å². The van der Waals surface area contributed by atoms with E-state index in [0.717, 1.165) is 5.56 Å². The van der Waals surface area contributed by atoms with Crippen LogP contribution in [0.2, 0.25) is 5.02 Å². The minimum Gasteiger partial charge on any atom is -0.490 e. The molecule has 132 valence electrons. The molecule has 0 aliphatic heterocycles. The first-order chi connectivity index (χ1) is 11.0. The molecular weight excluding hydrogens is 351 g/mol. The molecule has 1 unspecified atom stereocenters. The minimum absolute atomic E-state index is 0. The van der Waals surface area contributed by atoms with Crippen LogP contribution in [0.15, 0.2) is 36.7 Å². The molecule has 24 heavy (non-hydrogen) atoms. The van der Waals surface area contributed by atoms with E-state index in [0.29, 0.717) is 23.9 Å². The highest BCUT2D eigenvalue weighted by molar-refractivity contribution is 6.32. The highest BCUT2D eigenvalue weighted by Crippen LogP contribution is 2.23. The monoisotopic (exact) mass is 372 g/mol. The molecule has 1 atom stereocenters. The van der Waals surface area contributed by atoms with Crippen LogP contribution in [0.1, 0.15) is 11.6 Å². The van der Waals surface area contributed by atoms with Crippen LogP contribution >= 0.6 is 24.0 Å². The third-order valence-electron chi connectivity index (χ3n) is 3.49. The van der Waals surface area contributed by atoms with Gasteiger partial charge in [-0.3, -0.25) is 9.48 Å². The van der Waals surface area contributed by atoms with Crippen LogP contribution in [-0.2, 0) is 11.8 Å². The van der Waals surface area contributed by atoms with Gasteiger partial charge in [0.2, 0.25) is 5.91 Å². The van der Waals surface area contributed by atoms with E-state index in [2.05, 4.69) is 10.4 Å². The van der Waals surface area contributed by atoms with Crippen molar-refractivity contribution in [2.45, 2.75) is 6.04 Å². The Hall–Kier alpha value is -1.76. The summed E-state index contributed by atoms with van der Waals surface area (Å²) in [5.41, 5.74) is 0.832. The van der Waals surface area contributed by atoms with Crippen LogP contribution in [0.25, 0.3) is 0 Å². The summed E-state index contributed by atoms with van der Waals surface area (Å²) in [4.78, 5) is 14.2. The molecule has 0 saturated heterocycles. The van der Waals surface area contributed by atoms with Gasteiger partial charge in [-0.25, -0.2) is 0 Å². The number of benzene rings is 1. The number of rotatable bonds is 7. The predicted molar refractivity (Wildman–Crippen MR) is 96.8 cm³/mol. The second-order valence-electron chi connectivity index (χ2n) is 5.21. The number of aryl methyl sites for hydroxylation is 1. The summed E-state index contributed by atoms with van der Waals surface area (Å²) in [6, 6.07) is 6.85. The smallest absolute Gasteiger partial charge is 0.244 e. The Balaban J connectivity index is 0.00000288. The summed E-state index contributed by atoms with van der Waals surface area (Å²) in [6.07, 6.45) is 3.51. The molecule has 0 saturated carbocycles. The van der Waals surface area contributed by atoms with Crippen molar-refractivity contribution in [3.63, 3.8) is 0 Å². The third-order valence-corrected chi connectivity index (χ3v) is 3.80. The number of para-hydroxylation sites is 1. The van der Waals surface area contributed by atoms with Crippen molar-refractivity contribution in [1.82, 2.24) is 20.0 Å². The number of amides is 1. The number of carbonyl (C=O) groups excluding carboxylic acids is 1. The van der Waals surface area contributed by atoms with Crippen molar-refractivity contribution in [1.29, 1.82) is 0 Å². The molecule has 0 aliphatic rings. The second kappa shape index (κ2) is 9.52. The summed E-state index contributed by atoms with van der Waals surface area (Å²) >= 11 is 6.03. The lowest BCUT2D eigenvalue weighted by atomic mass is 10.1. The van der Waals surface area contributed by atoms with E-state index in [1.165, 1.54) is 0 Å². The van der Waals surface area contributed by atoms with Crippen molar-refractivity contribution >= 4 is 29.9 Å². The number of carbonyl (C=O) groups is 1. The van der Waals surface area contributed by atoms with Gasteiger partial charge in [-0.2, -0.15) is 5.10 Å². The molecule has 1 heterocycles. The van der Waals surface area contributed by atoms with Crippen LogP contribution in [0.4, 0.5) is 0 Å². The van der Waals surface area contributed by atoms with E-state index < -0.39 is 6.04 Å². The van der Waals surface area contributed by atoms with Gasteiger partial charge in [0.15, 0.2) is 0 Å². The topological polar surface area (TPSA) is 59.4 Å². The lowest BCUT2D eigenvalue weighted by Gasteiger charge is -2.23.